The lowest BCUT2D eigenvalue weighted by atomic mass is 10.2. The van der Waals surface area contributed by atoms with Crippen LogP contribution in [0.2, 0.25) is 0 Å². The summed E-state index contributed by atoms with van der Waals surface area (Å²) in [5, 5.41) is 3.27. The summed E-state index contributed by atoms with van der Waals surface area (Å²) in [6, 6.07) is 0.256. The minimum absolute atomic E-state index is 0.233. The second kappa shape index (κ2) is 7.67. The van der Waals surface area contributed by atoms with Gasteiger partial charge in [0.2, 0.25) is 5.91 Å². The summed E-state index contributed by atoms with van der Waals surface area (Å²) in [6.45, 7) is 9.44. The van der Waals surface area contributed by atoms with Crippen molar-refractivity contribution in [2.45, 2.75) is 52.2 Å². The van der Waals surface area contributed by atoms with Gasteiger partial charge in [0.05, 0.1) is 6.10 Å². The predicted molar refractivity (Wildman–Crippen MR) is 69.0 cm³/mol. The third-order valence-electron chi connectivity index (χ3n) is 3.22. The standard InChI is InChI=1S/C13H26N2O2/c1-4-14-11(3)9-13(16)15(5-2)10-12-7-6-8-17-12/h11-12,14H,4-10H2,1-3H3. The lowest BCUT2D eigenvalue weighted by molar-refractivity contribution is -0.133. The van der Waals surface area contributed by atoms with Gasteiger partial charge in [-0.15, -0.1) is 0 Å². The van der Waals surface area contributed by atoms with Crippen LogP contribution in [-0.2, 0) is 9.53 Å². The smallest absolute Gasteiger partial charge is 0.224 e. The maximum absolute atomic E-state index is 12.1. The summed E-state index contributed by atoms with van der Waals surface area (Å²) in [6.07, 6.45) is 3.05. The Hall–Kier alpha value is -0.610. The number of rotatable bonds is 7. The molecule has 100 valence electrons. The molecule has 0 spiro atoms. The summed E-state index contributed by atoms with van der Waals surface area (Å²) in [7, 11) is 0. The summed E-state index contributed by atoms with van der Waals surface area (Å²) in [5.74, 6) is 0.233. The molecule has 4 heteroatoms. The summed E-state index contributed by atoms with van der Waals surface area (Å²) in [5.41, 5.74) is 0. The highest BCUT2D eigenvalue weighted by molar-refractivity contribution is 5.76. The van der Waals surface area contributed by atoms with Gasteiger partial charge in [0.25, 0.3) is 0 Å². The first-order valence-electron chi connectivity index (χ1n) is 6.80. The van der Waals surface area contributed by atoms with Crippen molar-refractivity contribution in [1.82, 2.24) is 10.2 Å². The van der Waals surface area contributed by atoms with Gasteiger partial charge in [0, 0.05) is 32.2 Å². The number of likely N-dealkylation sites (N-methyl/N-ethyl adjacent to an activating group) is 1. The Balaban J connectivity index is 2.34. The SMILES string of the molecule is CCNC(C)CC(=O)N(CC)CC1CCCO1. The average molecular weight is 242 g/mol. The molecule has 0 saturated carbocycles. The van der Waals surface area contributed by atoms with E-state index in [9.17, 15) is 4.79 Å². The maximum Gasteiger partial charge on any atom is 0.224 e. The van der Waals surface area contributed by atoms with E-state index in [0.717, 1.165) is 39.1 Å². The number of nitrogens with one attached hydrogen (secondary N) is 1. The number of carbonyl (C=O) groups is 1. The third kappa shape index (κ3) is 5.04. The fourth-order valence-electron chi connectivity index (χ4n) is 2.25. The van der Waals surface area contributed by atoms with Gasteiger partial charge in [-0.05, 0) is 33.2 Å². The van der Waals surface area contributed by atoms with Crippen LogP contribution in [0.4, 0.5) is 0 Å². The zero-order chi connectivity index (χ0) is 12.7. The topological polar surface area (TPSA) is 41.6 Å². The fraction of sp³-hybridized carbons (Fsp3) is 0.923. The van der Waals surface area contributed by atoms with Crippen molar-refractivity contribution < 1.29 is 9.53 Å². The molecule has 0 aliphatic carbocycles. The number of ether oxygens (including phenoxy) is 1. The highest BCUT2D eigenvalue weighted by atomic mass is 16.5. The lowest BCUT2D eigenvalue weighted by Crippen LogP contribution is -2.40. The molecule has 1 heterocycles. The molecule has 1 rings (SSSR count). The Labute approximate surface area is 105 Å². The summed E-state index contributed by atoms with van der Waals surface area (Å²) < 4.78 is 5.58. The van der Waals surface area contributed by atoms with E-state index in [-0.39, 0.29) is 18.1 Å². The highest BCUT2D eigenvalue weighted by Gasteiger charge is 2.22. The van der Waals surface area contributed by atoms with Gasteiger partial charge in [-0.25, -0.2) is 0 Å². The van der Waals surface area contributed by atoms with E-state index in [1.54, 1.807) is 0 Å². The Morgan fingerprint density at radius 2 is 2.29 bits per heavy atom. The Bertz CT molecular complexity index is 227. The normalized spacial score (nSPS) is 21.5. The van der Waals surface area contributed by atoms with Crippen LogP contribution in [-0.4, -0.2) is 49.2 Å². The van der Waals surface area contributed by atoms with Crippen LogP contribution in [0, 0.1) is 0 Å². The molecule has 17 heavy (non-hydrogen) atoms. The summed E-state index contributed by atoms with van der Waals surface area (Å²) in [4.78, 5) is 14.0. The molecule has 1 fully saturated rings. The van der Waals surface area contributed by atoms with Crippen molar-refractivity contribution in [2.24, 2.45) is 0 Å². The van der Waals surface area contributed by atoms with E-state index in [1.165, 1.54) is 0 Å². The predicted octanol–water partition coefficient (Wildman–Crippen LogP) is 1.40. The van der Waals surface area contributed by atoms with Crippen molar-refractivity contribution in [1.29, 1.82) is 0 Å². The van der Waals surface area contributed by atoms with Gasteiger partial charge in [-0.1, -0.05) is 6.92 Å². The van der Waals surface area contributed by atoms with E-state index >= 15 is 0 Å². The lowest BCUT2D eigenvalue weighted by Gasteiger charge is -2.25. The average Bonchev–Trinajstić information content (AvgIpc) is 2.78. The first-order chi connectivity index (χ1) is 8.17. The molecule has 0 bridgehead atoms. The maximum atomic E-state index is 12.1. The number of hydrogen-bond acceptors (Lipinski definition) is 3. The van der Waals surface area contributed by atoms with E-state index in [2.05, 4.69) is 19.2 Å². The molecule has 2 unspecified atom stereocenters. The minimum atomic E-state index is 0.233. The first kappa shape index (κ1) is 14.5. The van der Waals surface area contributed by atoms with E-state index in [0.29, 0.717) is 6.42 Å². The van der Waals surface area contributed by atoms with E-state index in [1.807, 2.05) is 11.8 Å². The largest absolute Gasteiger partial charge is 0.376 e. The minimum Gasteiger partial charge on any atom is -0.376 e. The molecular formula is C13H26N2O2. The first-order valence-corrected chi connectivity index (χ1v) is 6.80. The molecule has 4 nitrogen and oxygen atoms in total. The van der Waals surface area contributed by atoms with Crippen LogP contribution in [0.5, 0.6) is 0 Å². The van der Waals surface area contributed by atoms with Gasteiger partial charge in [0.1, 0.15) is 0 Å². The van der Waals surface area contributed by atoms with Crippen LogP contribution >= 0.6 is 0 Å². The third-order valence-corrected chi connectivity index (χ3v) is 3.22. The molecule has 0 aromatic rings. The van der Waals surface area contributed by atoms with Crippen molar-refractivity contribution >= 4 is 5.91 Å². The van der Waals surface area contributed by atoms with Crippen molar-refractivity contribution in [2.75, 3.05) is 26.2 Å². The van der Waals surface area contributed by atoms with Crippen molar-refractivity contribution in [3.8, 4) is 0 Å². The number of carbonyl (C=O) groups excluding carboxylic acids is 1. The second-order valence-corrected chi connectivity index (χ2v) is 4.73. The number of hydrogen-bond donors (Lipinski definition) is 1. The molecule has 1 amide bonds. The van der Waals surface area contributed by atoms with Crippen LogP contribution < -0.4 is 5.32 Å². The van der Waals surface area contributed by atoms with Crippen molar-refractivity contribution in [3.05, 3.63) is 0 Å². The van der Waals surface area contributed by atoms with Gasteiger partial charge in [0.15, 0.2) is 0 Å². The van der Waals surface area contributed by atoms with Crippen LogP contribution in [0.25, 0.3) is 0 Å². The van der Waals surface area contributed by atoms with Crippen LogP contribution in [0.15, 0.2) is 0 Å². The zero-order valence-corrected chi connectivity index (χ0v) is 11.4. The molecule has 1 saturated heterocycles. The molecule has 1 aliphatic heterocycles. The Morgan fingerprint density at radius 1 is 1.53 bits per heavy atom. The molecule has 1 N–H and O–H groups in total. The van der Waals surface area contributed by atoms with Crippen LogP contribution in [0.3, 0.4) is 0 Å². The molecule has 0 aromatic heterocycles. The van der Waals surface area contributed by atoms with Gasteiger partial charge >= 0.3 is 0 Å². The molecular weight excluding hydrogens is 216 g/mol. The molecule has 0 radical (unpaired) electrons. The van der Waals surface area contributed by atoms with E-state index in [4.69, 9.17) is 4.74 Å². The van der Waals surface area contributed by atoms with Gasteiger partial charge in [-0.3, -0.25) is 4.79 Å². The van der Waals surface area contributed by atoms with Crippen LogP contribution in [0.1, 0.15) is 40.0 Å². The Morgan fingerprint density at radius 3 is 2.82 bits per heavy atom. The highest BCUT2D eigenvalue weighted by Crippen LogP contribution is 2.14. The fourth-order valence-corrected chi connectivity index (χ4v) is 2.25. The van der Waals surface area contributed by atoms with E-state index < -0.39 is 0 Å². The quantitative estimate of drug-likeness (QED) is 0.734. The number of amides is 1. The monoisotopic (exact) mass is 242 g/mol. The zero-order valence-electron chi connectivity index (χ0n) is 11.4. The second-order valence-electron chi connectivity index (χ2n) is 4.73. The van der Waals surface area contributed by atoms with Gasteiger partial charge < -0.3 is 15.0 Å². The van der Waals surface area contributed by atoms with Crippen molar-refractivity contribution in [3.63, 3.8) is 0 Å². The molecule has 1 aliphatic rings. The number of nitrogens with zero attached hydrogens (tertiary/aromatic N) is 1. The van der Waals surface area contributed by atoms with Gasteiger partial charge in [-0.2, -0.15) is 0 Å². The molecule has 0 aromatic carbocycles. The summed E-state index contributed by atoms with van der Waals surface area (Å²) >= 11 is 0. The molecule has 2 atom stereocenters. The Kier molecular flexibility index (Phi) is 6.52.